The summed E-state index contributed by atoms with van der Waals surface area (Å²) in [6, 6.07) is 6.88. The molecule has 1 aromatic carbocycles. The fourth-order valence-electron chi connectivity index (χ4n) is 3.16. The quantitative estimate of drug-likeness (QED) is 0.640. The van der Waals surface area contributed by atoms with E-state index in [9.17, 15) is 18.6 Å². The zero-order valence-electron chi connectivity index (χ0n) is 16.1. The Morgan fingerprint density at radius 3 is 2.29 bits per heavy atom. The van der Waals surface area contributed by atoms with Gasteiger partial charge in [-0.25, -0.2) is 8.42 Å². The SMILES string of the molecule is CC(C)(C)c1cc(O)c(O)c(CN2CCN(S(=O)(=O)c3ccc(Br)s3)CC2)c1. The third-order valence-corrected chi connectivity index (χ3v) is 8.89. The lowest BCUT2D eigenvalue weighted by Crippen LogP contribution is -2.48. The summed E-state index contributed by atoms with van der Waals surface area (Å²) < 4.78 is 28.1. The third kappa shape index (κ3) is 4.54. The molecular formula is C19H25BrN2O4S2. The van der Waals surface area contributed by atoms with Gasteiger partial charge in [-0.3, -0.25) is 4.90 Å². The normalized spacial score (nSPS) is 17.1. The summed E-state index contributed by atoms with van der Waals surface area (Å²) >= 11 is 4.52. The van der Waals surface area contributed by atoms with Crippen molar-refractivity contribution in [1.82, 2.24) is 9.21 Å². The van der Waals surface area contributed by atoms with Crippen molar-refractivity contribution in [2.24, 2.45) is 0 Å². The van der Waals surface area contributed by atoms with Crippen molar-refractivity contribution in [2.45, 2.75) is 36.9 Å². The second-order valence-electron chi connectivity index (χ2n) is 7.99. The Kier molecular flexibility index (Phi) is 6.12. The van der Waals surface area contributed by atoms with Crippen molar-refractivity contribution in [3.63, 3.8) is 0 Å². The summed E-state index contributed by atoms with van der Waals surface area (Å²) in [4.78, 5) is 2.09. The number of halogens is 1. The summed E-state index contributed by atoms with van der Waals surface area (Å²) in [6.07, 6.45) is 0. The number of aromatic hydroxyl groups is 2. The van der Waals surface area contributed by atoms with E-state index in [1.807, 2.05) is 6.07 Å². The maximum Gasteiger partial charge on any atom is 0.252 e. The molecule has 0 bridgehead atoms. The van der Waals surface area contributed by atoms with Crippen molar-refractivity contribution >= 4 is 37.3 Å². The molecule has 0 aliphatic carbocycles. The molecule has 1 aliphatic heterocycles. The van der Waals surface area contributed by atoms with Crippen LogP contribution in [0.15, 0.2) is 32.3 Å². The summed E-state index contributed by atoms with van der Waals surface area (Å²) in [5.74, 6) is -0.224. The van der Waals surface area contributed by atoms with Crippen LogP contribution in [-0.4, -0.2) is 54.0 Å². The second-order valence-corrected chi connectivity index (χ2v) is 12.6. The minimum atomic E-state index is -3.47. The molecule has 0 atom stereocenters. The first kappa shape index (κ1) is 21.6. The molecule has 1 aromatic heterocycles. The van der Waals surface area contributed by atoms with E-state index < -0.39 is 10.0 Å². The van der Waals surface area contributed by atoms with Crippen LogP contribution in [-0.2, 0) is 22.0 Å². The standard InChI is InChI=1S/C19H25BrN2O4S2/c1-19(2,3)14-10-13(18(24)15(23)11-14)12-21-6-8-22(9-7-21)28(25,26)17-5-4-16(20)27-17/h4-5,10-11,23-24H,6-9,12H2,1-3H3. The van der Waals surface area contributed by atoms with Gasteiger partial charge in [0.15, 0.2) is 11.5 Å². The van der Waals surface area contributed by atoms with E-state index in [1.54, 1.807) is 18.2 Å². The van der Waals surface area contributed by atoms with Crippen molar-refractivity contribution in [3.05, 3.63) is 39.2 Å². The number of piperazine rings is 1. The lowest BCUT2D eigenvalue weighted by atomic mass is 9.85. The molecule has 0 saturated carbocycles. The maximum absolute atomic E-state index is 12.7. The van der Waals surface area contributed by atoms with Gasteiger partial charge in [0.25, 0.3) is 10.0 Å². The maximum atomic E-state index is 12.7. The van der Waals surface area contributed by atoms with E-state index in [2.05, 4.69) is 41.6 Å². The number of rotatable bonds is 4. The third-order valence-electron chi connectivity index (χ3n) is 4.90. The van der Waals surface area contributed by atoms with Gasteiger partial charge in [-0.1, -0.05) is 26.8 Å². The van der Waals surface area contributed by atoms with E-state index in [0.29, 0.717) is 42.5 Å². The first-order chi connectivity index (χ1) is 13.0. The predicted molar refractivity (Wildman–Crippen MR) is 115 cm³/mol. The van der Waals surface area contributed by atoms with Crippen molar-refractivity contribution < 1.29 is 18.6 Å². The van der Waals surface area contributed by atoms with Gasteiger partial charge in [-0.05, 0) is 45.1 Å². The summed E-state index contributed by atoms with van der Waals surface area (Å²) in [7, 11) is -3.47. The van der Waals surface area contributed by atoms with Gasteiger partial charge in [-0.2, -0.15) is 4.31 Å². The van der Waals surface area contributed by atoms with Gasteiger partial charge >= 0.3 is 0 Å². The highest BCUT2D eigenvalue weighted by atomic mass is 79.9. The van der Waals surface area contributed by atoms with Crippen LogP contribution in [0.3, 0.4) is 0 Å². The van der Waals surface area contributed by atoms with Gasteiger partial charge in [0, 0.05) is 38.3 Å². The van der Waals surface area contributed by atoms with Crippen LogP contribution in [0.5, 0.6) is 11.5 Å². The van der Waals surface area contributed by atoms with Crippen molar-refractivity contribution in [3.8, 4) is 11.5 Å². The average molecular weight is 489 g/mol. The van der Waals surface area contributed by atoms with Crippen LogP contribution in [0, 0.1) is 0 Å². The topological polar surface area (TPSA) is 81.1 Å². The van der Waals surface area contributed by atoms with E-state index in [4.69, 9.17) is 0 Å². The van der Waals surface area contributed by atoms with Gasteiger partial charge in [-0.15, -0.1) is 11.3 Å². The first-order valence-electron chi connectivity index (χ1n) is 9.01. The van der Waals surface area contributed by atoms with E-state index in [0.717, 1.165) is 9.35 Å². The molecule has 154 valence electrons. The number of sulfonamides is 1. The van der Waals surface area contributed by atoms with Crippen molar-refractivity contribution in [1.29, 1.82) is 0 Å². The average Bonchev–Trinajstić information content (AvgIpc) is 3.05. The minimum Gasteiger partial charge on any atom is -0.504 e. The van der Waals surface area contributed by atoms with Crippen LogP contribution >= 0.6 is 27.3 Å². The van der Waals surface area contributed by atoms with Crippen LogP contribution in [0.1, 0.15) is 31.9 Å². The number of hydrogen-bond donors (Lipinski definition) is 2. The van der Waals surface area contributed by atoms with Crippen LogP contribution in [0.25, 0.3) is 0 Å². The molecule has 3 rings (SSSR count). The lowest BCUT2D eigenvalue weighted by Gasteiger charge is -2.34. The fourth-order valence-corrected chi connectivity index (χ4v) is 6.75. The molecule has 2 aromatic rings. The molecule has 0 radical (unpaired) electrons. The van der Waals surface area contributed by atoms with Crippen LogP contribution in [0.2, 0.25) is 0 Å². The first-order valence-corrected chi connectivity index (χ1v) is 12.1. The smallest absolute Gasteiger partial charge is 0.252 e. The monoisotopic (exact) mass is 488 g/mol. The van der Waals surface area contributed by atoms with Gasteiger partial charge in [0.1, 0.15) is 4.21 Å². The molecule has 6 nitrogen and oxygen atoms in total. The van der Waals surface area contributed by atoms with E-state index >= 15 is 0 Å². The largest absolute Gasteiger partial charge is 0.504 e. The predicted octanol–water partition coefficient (Wildman–Crippen LogP) is 3.73. The van der Waals surface area contributed by atoms with Crippen LogP contribution < -0.4 is 0 Å². The van der Waals surface area contributed by atoms with Gasteiger partial charge < -0.3 is 10.2 Å². The molecule has 2 heterocycles. The molecule has 9 heteroatoms. The Morgan fingerprint density at radius 1 is 1.11 bits per heavy atom. The molecule has 1 fully saturated rings. The second kappa shape index (κ2) is 7.95. The Bertz CT molecular complexity index is 959. The van der Waals surface area contributed by atoms with E-state index in [-0.39, 0.29) is 16.9 Å². The number of phenols is 2. The molecule has 0 amide bonds. The molecule has 1 aliphatic rings. The lowest BCUT2D eigenvalue weighted by molar-refractivity contribution is 0.180. The highest BCUT2D eigenvalue weighted by Crippen LogP contribution is 2.36. The molecular weight excluding hydrogens is 464 g/mol. The minimum absolute atomic E-state index is 0.105. The number of hydrogen-bond acceptors (Lipinski definition) is 6. The van der Waals surface area contributed by atoms with Crippen molar-refractivity contribution in [2.75, 3.05) is 26.2 Å². The summed E-state index contributed by atoms with van der Waals surface area (Å²) in [6.45, 7) is 8.52. The molecule has 0 unspecified atom stereocenters. The molecule has 28 heavy (non-hydrogen) atoms. The molecule has 2 N–H and O–H groups in total. The van der Waals surface area contributed by atoms with Gasteiger partial charge in [0.2, 0.25) is 0 Å². The number of thiophene rings is 1. The molecule has 1 saturated heterocycles. The van der Waals surface area contributed by atoms with E-state index in [1.165, 1.54) is 15.6 Å². The highest BCUT2D eigenvalue weighted by molar-refractivity contribution is 9.11. The molecule has 0 spiro atoms. The van der Waals surface area contributed by atoms with Crippen LogP contribution in [0.4, 0.5) is 0 Å². The number of nitrogens with zero attached hydrogens (tertiary/aromatic N) is 2. The Balaban J connectivity index is 1.70. The zero-order chi connectivity index (χ0) is 20.7. The summed E-state index contributed by atoms with van der Waals surface area (Å²) in [5.41, 5.74) is 1.45. The Morgan fingerprint density at radius 2 is 1.75 bits per heavy atom. The highest BCUT2D eigenvalue weighted by Gasteiger charge is 2.30. The number of benzene rings is 1. The zero-order valence-corrected chi connectivity index (χ0v) is 19.4. The van der Waals surface area contributed by atoms with Gasteiger partial charge in [0.05, 0.1) is 3.79 Å². The fraction of sp³-hybridized carbons (Fsp3) is 0.474. The number of phenolic OH excluding ortho intramolecular Hbond substituents is 2. The Hall–Kier alpha value is -1.13. The Labute approximate surface area is 178 Å². The summed E-state index contributed by atoms with van der Waals surface area (Å²) in [5, 5.41) is 20.4.